The van der Waals surface area contributed by atoms with Gasteiger partial charge in [0.1, 0.15) is 0 Å². The first-order chi connectivity index (χ1) is 16.0. The van der Waals surface area contributed by atoms with E-state index < -0.39 is 0 Å². The molecule has 0 spiro atoms. The quantitative estimate of drug-likeness (QED) is 0.434. The molecular formula is C25H25N5O3. The summed E-state index contributed by atoms with van der Waals surface area (Å²) in [7, 11) is 0. The molecule has 2 aromatic heterocycles. The summed E-state index contributed by atoms with van der Waals surface area (Å²) in [6, 6.07) is 18.9. The smallest absolute Gasteiger partial charge is 0.274 e. The van der Waals surface area contributed by atoms with E-state index in [9.17, 15) is 4.79 Å². The zero-order valence-corrected chi connectivity index (χ0v) is 18.8. The Labute approximate surface area is 192 Å². The normalized spacial score (nSPS) is 10.6. The van der Waals surface area contributed by atoms with Gasteiger partial charge >= 0.3 is 0 Å². The van der Waals surface area contributed by atoms with Crippen molar-refractivity contribution in [2.45, 2.75) is 27.3 Å². The molecule has 33 heavy (non-hydrogen) atoms. The van der Waals surface area contributed by atoms with Crippen LogP contribution in [0.4, 0.5) is 0 Å². The molecule has 1 amide bonds. The highest BCUT2D eigenvalue weighted by Gasteiger charge is 2.17. The van der Waals surface area contributed by atoms with Crippen LogP contribution in [0.15, 0.2) is 66.9 Å². The maximum atomic E-state index is 12.7. The van der Waals surface area contributed by atoms with Crippen molar-refractivity contribution in [3.8, 4) is 23.1 Å². The van der Waals surface area contributed by atoms with Gasteiger partial charge in [0.05, 0.1) is 18.0 Å². The van der Waals surface area contributed by atoms with Gasteiger partial charge in [-0.2, -0.15) is 0 Å². The van der Waals surface area contributed by atoms with Gasteiger partial charge in [-0.1, -0.05) is 41.1 Å². The van der Waals surface area contributed by atoms with E-state index >= 15 is 0 Å². The molecule has 2 aromatic carbocycles. The number of carbonyl (C=O) groups excluding carboxylic acids is 1. The van der Waals surface area contributed by atoms with Crippen LogP contribution in [0.1, 0.15) is 34.2 Å². The van der Waals surface area contributed by atoms with Crippen LogP contribution in [0, 0.1) is 13.8 Å². The van der Waals surface area contributed by atoms with Gasteiger partial charge < -0.3 is 14.8 Å². The Hall–Kier alpha value is -4.20. The van der Waals surface area contributed by atoms with Gasteiger partial charge in [-0.05, 0) is 50.6 Å². The second-order valence-electron chi connectivity index (χ2n) is 7.44. The summed E-state index contributed by atoms with van der Waals surface area (Å²) in [4.78, 5) is 17.0. The number of nitrogens with one attached hydrogen (secondary N) is 1. The molecule has 0 fully saturated rings. The second kappa shape index (κ2) is 9.95. The van der Waals surface area contributed by atoms with Gasteiger partial charge in [-0.15, -0.1) is 5.10 Å². The summed E-state index contributed by atoms with van der Waals surface area (Å²) in [5, 5.41) is 11.1. The van der Waals surface area contributed by atoms with Crippen LogP contribution in [0.25, 0.3) is 5.69 Å². The lowest BCUT2D eigenvalue weighted by molar-refractivity contribution is 0.0945. The SMILES string of the molecule is CCOc1ccccc1Oc1ccc(CNC(=O)c2nnn(-c3ccc(C)cc3)c2C)cn1. The molecule has 0 saturated carbocycles. The molecule has 168 valence electrons. The summed E-state index contributed by atoms with van der Waals surface area (Å²) in [5.41, 5.74) is 3.80. The topological polar surface area (TPSA) is 91.2 Å². The van der Waals surface area contributed by atoms with Crippen molar-refractivity contribution in [1.82, 2.24) is 25.3 Å². The van der Waals surface area contributed by atoms with Gasteiger partial charge in [0.15, 0.2) is 17.2 Å². The number of ether oxygens (including phenoxy) is 2. The number of carbonyl (C=O) groups is 1. The molecule has 0 aliphatic rings. The van der Waals surface area contributed by atoms with Gasteiger partial charge in [-0.3, -0.25) is 4.79 Å². The molecule has 1 N–H and O–H groups in total. The number of pyridine rings is 1. The van der Waals surface area contributed by atoms with E-state index in [1.807, 2.05) is 75.4 Å². The molecule has 0 radical (unpaired) electrons. The van der Waals surface area contributed by atoms with Crippen LogP contribution >= 0.6 is 0 Å². The van der Waals surface area contributed by atoms with E-state index in [0.29, 0.717) is 36.2 Å². The first-order valence-electron chi connectivity index (χ1n) is 10.7. The van der Waals surface area contributed by atoms with Gasteiger partial charge in [0.25, 0.3) is 5.91 Å². The summed E-state index contributed by atoms with van der Waals surface area (Å²) < 4.78 is 13.1. The lowest BCUT2D eigenvalue weighted by Crippen LogP contribution is -2.24. The number of hydrogen-bond acceptors (Lipinski definition) is 6. The molecule has 0 aliphatic heterocycles. The standard InChI is InChI=1S/C25H25N5O3/c1-4-32-21-7-5-6-8-22(21)33-23-14-11-19(15-26-23)16-27-25(31)24-18(3)30(29-28-24)20-12-9-17(2)10-13-20/h5-15H,4,16H2,1-3H3,(H,27,31). The Bertz CT molecular complexity index is 1230. The van der Waals surface area contributed by atoms with Crippen molar-refractivity contribution < 1.29 is 14.3 Å². The van der Waals surface area contributed by atoms with Crippen LogP contribution in [-0.2, 0) is 6.54 Å². The highest BCUT2D eigenvalue weighted by molar-refractivity contribution is 5.93. The van der Waals surface area contributed by atoms with Crippen LogP contribution in [0.5, 0.6) is 17.4 Å². The third-order valence-corrected chi connectivity index (χ3v) is 5.00. The fourth-order valence-electron chi connectivity index (χ4n) is 3.23. The lowest BCUT2D eigenvalue weighted by Gasteiger charge is -2.11. The second-order valence-corrected chi connectivity index (χ2v) is 7.44. The number of aromatic nitrogens is 4. The Balaban J connectivity index is 1.38. The van der Waals surface area contributed by atoms with Gasteiger partial charge in [-0.25, -0.2) is 9.67 Å². The first-order valence-corrected chi connectivity index (χ1v) is 10.7. The number of benzene rings is 2. The molecule has 0 saturated heterocycles. The van der Waals surface area contributed by atoms with Crippen molar-refractivity contribution >= 4 is 5.91 Å². The lowest BCUT2D eigenvalue weighted by atomic mass is 10.2. The highest BCUT2D eigenvalue weighted by atomic mass is 16.5. The largest absolute Gasteiger partial charge is 0.490 e. The number of aryl methyl sites for hydroxylation is 1. The third kappa shape index (κ3) is 5.17. The van der Waals surface area contributed by atoms with E-state index in [4.69, 9.17) is 9.47 Å². The van der Waals surface area contributed by atoms with E-state index in [-0.39, 0.29) is 11.6 Å². The number of para-hydroxylation sites is 2. The summed E-state index contributed by atoms with van der Waals surface area (Å²) in [6.45, 7) is 6.61. The number of nitrogens with zero attached hydrogens (tertiary/aromatic N) is 4. The molecule has 8 heteroatoms. The zero-order chi connectivity index (χ0) is 23.2. The molecule has 2 heterocycles. The van der Waals surface area contributed by atoms with E-state index in [0.717, 1.165) is 16.8 Å². The molecule has 4 rings (SSSR count). The minimum absolute atomic E-state index is 0.288. The Kier molecular flexibility index (Phi) is 6.64. The van der Waals surface area contributed by atoms with Crippen molar-refractivity contribution in [1.29, 1.82) is 0 Å². The van der Waals surface area contributed by atoms with Crippen molar-refractivity contribution in [3.63, 3.8) is 0 Å². The average Bonchev–Trinajstić information content (AvgIpc) is 3.22. The van der Waals surface area contributed by atoms with Crippen LogP contribution < -0.4 is 14.8 Å². The average molecular weight is 444 g/mol. The molecule has 0 bridgehead atoms. The number of amides is 1. The van der Waals surface area contributed by atoms with Crippen LogP contribution in [-0.4, -0.2) is 32.5 Å². The molecule has 0 atom stereocenters. The third-order valence-electron chi connectivity index (χ3n) is 5.00. The van der Waals surface area contributed by atoms with Crippen LogP contribution in [0.2, 0.25) is 0 Å². The first kappa shape index (κ1) is 22.0. The van der Waals surface area contributed by atoms with Crippen LogP contribution in [0.3, 0.4) is 0 Å². The predicted octanol–water partition coefficient (Wildman–Crippen LogP) is 4.40. The summed E-state index contributed by atoms with van der Waals surface area (Å²) in [5.74, 6) is 1.40. The molecule has 0 aliphatic carbocycles. The monoisotopic (exact) mass is 443 g/mol. The molecule has 8 nitrogen and oxygen atoms in total. The fourth-order valence-corrected chi connectivity index (χ4v) is 3.23. The fraction of sp³-hybridized carbons (Fsp3) is 0.200. The van der Waals surface area contributed by atoms with Gasteiger partial charge in [0.2, 0.25) is 5.88 Å². The molecular weight excluding hydrogens is 418 g/mol. The summed E-state index contributed by atoms with van der Waals surface area (Å²) >= 11 is 0. The maximum absolute atomic E-state index is 12.7. The Morgan fingerprint density at radius 3 is 2.45 bits per heavy atom. The highest BCUT2D eigenvalue weighted by Crippen LogP contribution is 2.30. The van der Waals surface area contributed by atoms with Crippen molar-refractivity contribution in [2.24, 2.45) is 0 Å². The molecule has 4 aromatic rings. The Morgan fingerprint density at radius 2 is 1.76 bits per heavy atom. The van der Waals surface area contributed by atoms with E-state index in [1.165, 1.54) is 0 Å². The number of hydrogen-bond donors (Lipinski definition) is 1. The number of rotatable bonds is 8. The zero-order valence-electron chi connectivity index (χ0n) is 18.8. The minimum Gasteiger partial charge on any atom is -0.490 e. The summed E-state index contributed by atoms with van der Waals surface area (Å²) in [6.07, 6.45) is 1.66. The van der Waals surface area contributed by atoms with E-state index in [1.54, 1.807) is 16.9 Å². The van der Waals surface area contributed by atoms with E-state index in [2.05, 4.69) is 20.6 Å². The minimum atomic E-state index is -0.295. The van der Waals surface area contributed by atoms with Crippen molar-refractivity contribution in [2.75, 3.05) is 6.61 Å². The van der Waals surface area contributed by atoms with Gasteiger partial charge in [0, 0.05) is 18.8 Å². The molecule has 0 unspecified atom stereocenters. The maximum Gasteiger partial charge on any atom is 0.274 e. The Morgan fingerprint density at radius 1 is 1.00 bits per heavy atom. The van der Waals surface area contributed by atoms with Crippen molar-refractivity contribution in [3.05, 3.63) is 89.4 Å². The predicted molar refractivity (Wildman–Crippen MR) is 124 cm³/mol.